The van der Waals surface area contributed by atoms with E-state index in [0.29, 0.717) is 12.5 Å². The Morgan fingerprint density at radius 1 is 1.41 bits per heavy atom. The fraction of sp³-hybridized carbons (Fsp3) is 0.824. The topological polar surface area (TPSA) is 50.5 Å². The summed E-state index contributed by atoms with van der Waals surface area (Å²) in [5, 5.41) is 15.2. The summed E-state index contributed by atoms with van der Waals surface area (Å²) in [6.45, 7) is 10.9. The van der Waals surface area contributed by atoms with Crippen molar-refractivity contribution < 1.29 is 9.84 Å². The van der Waals surface area contributed by atoms with E-state index >= 15 is 0 Å². The normalized spacial score (nSPS) is 26.5. The molecular formula is C17H31N3O2. The molecule has 0 spiro atoms. The van der Waals surface area contributed by atoms with Gasteiger partial charge in [-0.05, 0) is 51.6 Å². The predicted octanol–water partition coefficient (Wildman–Crippen LogP) is 2.00. The minimum absolute atomic E-state index is 0.296. The van der Waals surface area contributed by atoms with Crippen molar-refractivity contribution in [2.75, 3.05) is 33.4 Å². The number of likely N-dealkylation sites (tertiary alicyclic amines) is 1. The third-order valence-corrected chi connectivity index (χ3v) is 5.00. The largest absolute Gasteiger partial charge is 0.389 e. The van der Waals surface area contributed by atoms with Gasteiger partial charge in [-0.1, -0.05) is 6.92 Å². The lowest BCUT2D eigenvalue weighted by molar-refractivity contribution is -0.0814. The molecule has 1 aliphatic heterocycles. The second-order valence-electron chi connectivity index (χ2n) is 6.80. The van der Waals surface area contributed by atoms with E-state index in [-0.39, 0.29) is 0 Å². The van der Waals surface area contributed by atoms with Crippen molar-refractivity contribution in [2.24, 2.45) is 5.92 Å². The first kappa shape index (κ1) is 17.4. The van der Waals surface area contributed by atoms with Crippen LogP contribution in [0, 0.1) is 19.8 Å². The number of aromatic nitrogens is 2. The van der Waals surface area contributed by atoms with Crippen LogP contribution in [0.3, 0.4) is 0 Å². The molecule has 1 aliphatic rings. The number of ether oxygens (including phenoxy) is 1. The lowest BCUT2D eigenvalue weighted by Gasteiger charge is -2.43. The summed E-state index contributed by atoms with van der Waals surface area (Å²) in [6, 6.07) is 2.12. The number of aliphatic hydroxyl groups is 1. The maximum Gasteiger partial charge on any atom is 0.0719 e. The second kappa shape index (κ2) is 7.57. The maximum absolute atomic E-state index is 10.7. The van der Waals surface area contributed by atoms with Crippen LogP contribution in [0.15, 0.2) is 6.07 Å². The van der Waals surface area contributed by atoms with Crippen molar-refractivity contribution >= 4 is 0 Å². The van der Waals surface area contributed by atoms with E-state index in [1.54, 1.807) is 7.11 Å². The van der Waals surface area contributed by atoms with Crippen LogP contribution in [0.25, 0.3) is 0 Å². The van der Waals surface area contributed by atoms with Crippen molar-refractivity contribution in [3.63, 3.8) is 0 Å². The number of nitrogens with zero attached hydrogens (tertiary/aromatic N) is 3. The molecule has 5 heteroatoms. The summed E-state index contributed by atoms with van der Waals surface area (Å²) in [6.07, 6.45) is 2.69. The first-order chi connectivity index (χ1) is 10.4. The highest BCUT2D eigenvalue weighted by Crippen LogP contribution is 2.30. The number of methoxy groups -OCH3 is 1. The molecule has 0 aromatic carbocycles. The van der Waals surface area contributed by atoms with Gasteiger partial charge in [0.2, 0.25) is 0 Å². The fourth-order valence-corrected chi connectivity index (χ4v) is 3.45. The van der Waals surface area contributed by atoms with Crippen molar-refractivity contribution in [2.45, 2.75) is 52.2 Å². The average Bonchev–Trinajstić information content (AvgIpc) is 2.79. The van der Waals surface area contributed by atoms with Gasteiger partial charge in [0.1, 0.15) is 0 Å². The van der Waals surface area contributed by atoms with Crippen LogP contribution in [0.5, 0.6) is 0 Å². The number of piperidine rings is 1. The number of hydrogen-bond acceptors (Lipinski definition) is 4. The third-order valence-electron chi connectivity index (χ3n) is 5.00. The molecule has 2 unspecified atom stereocenters. The molecule has 0 saturated carbocycles. The van der Waals surface area contributed by atoms with Gasteiger partial charge in [-0.3, -0.25) is 4.68 Å². The summed E-state index contributed by atoms with van der Waals surface area (Å²) in [4.78, 5) is 2.47. The molecule has 1 fully saturated rings. The van der Waals surface area contributed by atoms with Crippen LogP contribution < -0.4 is 0 Å². The van der Waals surface area contributed by atoms with E-state index in [4.69, 9.17) is 4.74 Å². The van der Waals surface area contributed by atoms with Crippen molar-refractivity contribution in [1.29, 1.82) is 0 Å². The molecule has 126 valence electrons. The van der Waals surface area contributed by atoms with Crippen LogP contribution in [0.4, 0.5) is 0 Å². The number of aryl methyl sites for hydroxylation is 3. The standard InChI is InChI=1S/C17H31N3O2/c1-14-13-19(10-6-17(14,21)7-11-22-4)8-5-9-20-16(3)12-15(2)18-20/h12,14,21H,5-11,13H2,1-4H3. The quantitative estimate of drug-likeness (QED) is 0.837. The predicted molar refractivity (Wildman–Crippen MR) is 88.0 cm³/mol. The van der Waals surface area contributed by atoms with Crippen molar-refractivity contribution in [3.8, 4) is 0 Å². The van der Waals surface area contributed by atoms with Crippen LogP contribution in [-0.2, 0) is 11.3 Å². The summed E-state index contributed by atoms with van der Waals surface area (Å²) >= 11 is 0. The monoisotopic (exact) mass is 309 g/mol. The molecule has 0 amide bonds. The Balaban J connectivity index is 1.75. The van der Waals surface area contributed by atoms with Gasteiger partial charge >= 0.3 is 0 Å². The van der Waals surface area contributed by atoms with Gasteiger partial charge in [-0.15, -0.1) is 0 Å². The van der Waals surface area contributed by atoms with E-state index in [2.05, 4.69) is 34.6 Å². The lowest BCUT2D eigenvalue weighted by atomic mass is 9.80. The van der Waals surface area contributed by atoms with Gasteiger partial charge in [0, 0.05) is 39.0 Å². The zero-order chi connectivity index (χ0) is 16.2. The molecule has 1 saturated heterocycles. The highest BCUT2D eigenvalue weighted by atomic mass is 16.5. The Morgan fingerprint density at radius 2 is 2.18 bits per heavy atom. The highest BCUT2D eigenvalue weighted by Gasteiger charge is 2.38. The van der Waals surface area contributed by atoms with Gasteiger partial charge < -0.3 is 14.7 Å². The molecule has 2 heterocycles. The molecule has 1 aromatic rings. The molecule has 1 N–H and O–H groups in total. The van der Waals surface area contributed by atoms with Crippen molar-refractivity contribution in [3.05, 3.63) is 17.5 Å². The Morgan fingerprint density at radius 3 is 2.77 bits per heavy atom. The van der Waals surface area contributed by atoms with Gasteiger partial charge in [0.25, 0.3) is 0 Å². The summed E-state index contributed by atoms with van der Waals surface area (Å²) < 4.78 is 7.22. The van der Waals surface area contributed by atoms with E-state index in [1.807, 2.05) is 6.92 Å². The van der Waals surface area contributed by atoms with E-state index < -0.39 is 5.60 Å². The molecule has 22 heavy (non-hydrogen) atoms. The van der Waals surface area contributed by atoms with E-state index in [0.717, 1.165) is 51.1 Å². The summed E-state index contributed by atoms with van der Waals surface area (Å²) in [5.74, 6) is 0.296. The summed E-state index contributed by atoms with van der Waals surface area (Å²) in [5.41, 5.74) is 1.77. The Bertz CT molecular complexity index is 474. The molecule has 5 nitrogen and oxygen atoms in total. The molecule has 2 rings (SSSR count). The zero-order valence-electron chi connectivity index (χ0n) is 14.5. The molecule has 0 aliphatic carbocycles. The van der Waals surface area contributed by atoms with Crippen LogP contribution in [0.2, 0.25) is 0 Å². The van der Waals surface area contributed by atoms with E-state index in [1.165, 1.54) is 5.69 Å². The average molecular weight is 309 g/mol. The molecule has 0 bridgehead atoms. The van der Waals surface area contributed by atoms with Crippen molar-refractivity contribution in [1.82, 2.24) is 14.7 Å². The zero-order valence-corrected chi connectivity index (χ0v) is 14.5. The number of rotatable bonds is 7. The van der Waals surface area contributed by atoms with Crippen LogP contribution >= 0.6 is 0 Å². The first-order valence-corrected chi connectivity index (χ1v) is 8.39. The minimum atomic E-state index is -0.553. The van der Waals surface area contributed by atoms with Crippen LogP contribution in [0.1, 0.15) is 37.6 Å². The molecule has 0 radical (unpaired) electrons. The van der Waals surface area contributed by atoms with Gasteiger partial charge in [0.15, 0.2) is 0 Å². The first-order valence-electron chi connectivity index (χ1n) is 8.39. The Kier molecular flexibility index (Phi) is 6.01. The fourth-order valence-electron chi connectivity index (χ4n) is 3.45. The smallest absolute Gasteiger partial charge is 0.0719 e. The van der Waals surface area contributed by atoms with Crippen LogP contribution in [-0.4, -0.2) is 58.7 Å². The number of hydrogen-bond donors (Lipinski definition) is 1. The Labute approximate surface area is 134 Å². The van der Waals surface area contributed by atoms with E-state index in [9.17, 15) is 5.11 Å². The van der Waals surface area contributed by atoms with Gasteiger partial charge in [0.05, 0.1) is 11.3 Å². The molecule has 1 aromatic heterocycles. The molecular weight excluding hydrogens is 278 g/mol. The highest BCUT2D eigenvalue weighted by molar-refractivity contribution is 5.06. The third kappa shape index (κ3) is 4.31. The molecule has 2 atom stereocenters. The Hall–Kier alpha value is -0.910. The SMILES string of the molecule is COCCC1(O)CCN(CCCn2nc(C)cc2C)CC1C. The lowest BCUT2D eigenvalue weighted by Crippen LogP contribution is -2.51. The maximum atomic E-state index is 10.7. The van der Waals surface area contributed by atoms with Gasteiger partial charge in [-0.2, -0.15) is 5.10 Å². The second-order valence-corrected chi connectivity index (χ2v) is 6.80. The van der Waals surface area contributed by atoms with Gasteiger partial charge in [-0.25, -0.2) is 0 Å². The minimum Gasteiger partial charge on any atom is -0.389 e. The summed E-state index contributed by atoms with van der Waals surface area (Å²) in [7, 11) is 1.70.